The molecule has 0 saturated carbocycles. The highest BCUT2D eigenvalue weighted by atomic mass is 16.3. The summed E-state index contributed by atoms with van der Waals surface area (Å²) in [5, 5.41) is 7.67. The van der Waals surface area contributed by atoms with Gasteiger partial charge in [-0.1, -0.05) is 0 Å². The van der Waals surface area contributed by atoms with Crippen LogP contribution >= 0.6 is 0 Å². The number of amides is 1. The van der Waals surface area contributed by atoms with Gasteiger partial charge in [-0.15, -0.1) is 39.5 Å². The lowest BCUT2D eigenvalue weighted by Crippen LogP contribution is -2.14. The molecule has 3 heteroatoms. The van der Waals surface area contributed by atoms with Crippen molar-refractivity contribution in [2.75, 3.05) is 6.61 Å². The SMILES string of the molecule is C=C.C=C.C=C.NC(=O)CO. The third kappa shape index (κ3) is 905. The van der Waals surface area contributed by atoms with Gasteiger partial charge in [-0.25, -0.2) is 0 Å². The second kappa shape index (κ2) is 72.1. The minimum atomic E-state index is -0.690. The summed E-state index contributed by atoms with van der Waals surface area (Å²) in [6.45, 7) is 17.4. The predicted octanol–water partition coefficient (Wildman–Crippen LogP) is 0.871. The van der Waals surface area contributed by atoms with Crippen LogP contribution in [0.2, 0.25) is 0 Å². The lowest BCUT2D eigenvalue weighted by Gasteiger charge is -1.73. The van der Waals surface area contributed by atoms with Crippen LogP contribution in [0.25, 0.3) is 0 Å². The van der Waals surface area contributed by atoms with Crippen LogP contribution in [0, 0.1) is 0 Å². The van der Waals surface area contributed by atoms with E-state index in [9.17, 15) is 4.79 Å². The van der Waals surface area contributed by atoms with E-state index in [0.29, 0.717) is 0 Å². The number of primary amides is 1. The van der Waals surface area contributed by atoms with E-state index >= 15 is 0 Å². The monoisotopic (exact) mass is 159 g/mol. The first-order valence-corrected chi connectivity index (χ1v) is 2.66. The first kappa shape index (κ1) is 22.6. The highest BCUT2D eigenvalue weighted by molar-refractivity contribution is 5.74. The number of rotatable bonds is 1. The van der Waals surface area contributed by atoms with Gasteiger partial charge in [-0.3, -0.25) is 4.79 Å². The van der Waals surface area contributed by atoms with Gasteiger partial charge < -0.3 is 10.8 Å². The molecule has 1 amide bonds. The first-order chi connectivity index (χ1) is 5.27. The van der Waals surface area contributed by atoms with Crippen molar-refractivity contribution in [3.8, 4) is 0 Å². The van der Waals surface area contributed by atoms with Crippen molar-refractivity contribution in [2.24, 2.45) is 5.73 Å². The van der Waals surface area contributed by atoms with E-state index in [1.807, 2.05) is 0 Å². The zero-order chi connectivity index (χ0) is 10.3. The molecule has 0 spiro atoms. The molecule has 0 rings (SSSR count). The predicted molar refractivity (Wildman–Crippen MR) is 50.0 cm³/mol. The van der Waals surface area contributed by atoms with E-state index in [-0.39, 0.29) is 0 Å². The normalized spacial score (nSPS) is 4.45. The molecule has 0 radical (unpaired) electrons. The van der Waals surface area contributed by atoms with Crippen molar-refractivity contribution >= 4 is 5.91 Å². The highest BCUT2D eigenvalue weighted by Crippen LogP contribution is 1.42. The number of aliphatic hydroxyl groups excluding tert-OH is 1. The maximum absolute atomic E-state index is 9.34. The zero-order valence-corrected chi connectivity index (χ0v) is 6.88. The summed E-state index contributed by atoms with van der Waals surface area (Å²) >= 11 is 0. The molecule has 0 aliphatic heterocycles. The number of nitrogens with two attached hydrogens (primary N) is 1. The molecule has 11 heavy (non-hydrogen) atoms. The molecule has 0 aliphatic rings. The highest BCUT2D eigenvalue weighted by Gasteiger charge is 1.78. The largest absolute Gasteiger partial charge is 0.387 e. The molecule has 0 aromatic heterocycles. The summed E-state index contributed by atoms with van der Waals surface area (Å²) < 4.78 is 0. The molecule has 3 N–H and O–H groups in total. The van der Waals surface area contributed by atoms with Crippen molar-refractivity contribution in [3.05, 3.63) is 39.5 Å². The third-order valence-corrected chi connectivity index (χ3v) is 0.156. The van der Waals surface area contributed by atoms with Crippen LogP contribution < -0.4 is 5.73 Å². The van der Waals surface area contributed by atoms with Crippen LogP contribution in [-0.4, -0.2) is 17.6 Å². The Morgan fingerprint density at radius 3 is 1.18 bits per heavy atom. The fraction of sp³-hybridized carbons (Fsp3) is 0.125. The Morgan fingerprint density at radius 2 is 1.18 bits per heavy atom. The number of hydrogen-bond acceptors (Lipinski definition) is 2. The Kier molecular flexibility index (Phi) is 148. The molecule has 66 valence electrons. The third-order valence-electron chi connectivity index (χ3n) is 0.156. The fourth-order valence-corrected chi connectivity index (χ4v) is 0. The number of aliphatic hydroxyl groups is 1. The van der Waals surface area contributed by atoms with E-state index in [4.69, 9.17) is 5.11 Å². The molecular weight excluding hydrogens is 142 g/mol. The van der Waals surface area contributed by atoms with Crippen LogP contribution in [0.4, 0.5) is 0 Å². The Hall–Kier alpha value is -1.35. The Labute approximate surface area is 68.5 Å². The minimum absolute atomic E-state index is 0.556. The Balaban J connectivity index is -0.0000000350. The second-order valence-electron chi connectivity index (χ2n) is 0.624. The van der Waals surface area contributed by atoms with Gasteiger partial charge in [-0.2, -0.15) is 0 Å². The molecule has 0 atom stereocenters. The lowest BCUT2D eigenvalue weighted by atomic mass is 10.7. The van der Waals surface area contributed by atoms with Crippen molar-refractivity contribution in [1.29, 1.82) is 0 Å². The summed E-state index contributed by atoms with van der Waals surface area (Å²) in [5.41, 5.74) is 4.40. The van der Waals surface area contributed by atoms with Crippen molar-refractivity contribution in [2.45, 2.75) is 0 Å². The lowest BCUT2D eigenvalue weighted by molar-refractivity contribution is -0.120. The van der Waals surface area contributed by atoms with Gasteiger partial charge in [0.2, 0.25) is 5.91 Å². The molecule has 3 nitrogen and oxygen atoms in total. The molecule has 0 fully saturated rings. The van der Waals surface area contributed by atoms with Gasteiger partial charge in [0.15, 0.2) is 0 Å². The van der Waals surface area contributed by atoms with E-state index in [2.05, 4.69) is 45.2 Å². The van der Waals surface area contributed by atoms with Crippen LogP contribution in [-0.2, 0) is 4.79 Å². The van der Waals surface area contributed by atoms with Crippen LogP contribution in [0.5, 0.6) is 0 Å². The van der Waals surface area contributed by atoms with Gasteiger partial charge in [0.1, 0.15) is 6.61 Å². The maximum atomic E-state index is 9.34. The Morgan fingerprint density at radius 1 is 1.09 bits per heavy atom. The average Bonchev–Trinajstić information content (AvgIpc) is 2.15. The van der Waals surface area contributed by atoms with Crippen molar-refractivity contribution in [1.82, 2.24) is 0 Å². The molecule has 0 unspecified atom stereocenters. The Bertz CT molecular complexity index is 69.7. The average molecular weight is 159 g/mol. The maximum Gasteiger partial charge on any atom is 0.243 e. The molecule has 0 aromatic rings. The standard InChI is InChI=1S/C2H5NO2.3C2H4/c3-2(5)1-4;3*1-2/h4H,1H2,(H2,3,5);3*1-2H2. The molecule has 0 aliphatic carbocycles. The zero-order valence-electron chi connectivity index (χ0n) is 6.88. The van der Waals surface area contributed by atoms with Gasteiger partial charge in [-0.05, 0) is 0 Å². The number of hydrogen-bond donors (Lipinski definition) is 2. The summed E-state index contributed by atoms with van der Waals surface area (Å²) in [5.74, 6) is -0.690. The first-order valence-electron chi connectivity index (χ1n) is 2.66. The second-order valence-corrected chi connectivity index (χ2v) is 0.624. The fourth-order valence-electron chi connectivity index (χ4n) is 0. The summed E-state index contributed by atoms with van der Waals surface area (Å²) in [7, 11) is 0. The quantitative estimate of drug-likeness (QED) is 0.558. The number of carbonyl (C=O) groups is 1. The van der Waals surface area contributed by atoms with Crippen molar-refractivity contribution in [3.63, 3.8) is 0 Å². The smallest absolute Gasteiger partial charge is 0.243 e. The van der Waals surface area contributed by atoms with Crippen LogP contribution in [0.3, 0.4) is 0 Å². The summed E-state index contributed by atoms with van der Waals surface area (Å²) in [6.07, 6.45) is 0. The van der Waals surface area contributed by atoms with Crippen molar-refractivity contribution < 1.29 is 9.90 Å². The summed E-state index contributed by atoms with van der Waals surface area (Å²) in [4.78, 5) is 9.34. The molecule has 0 bridgehead atoms. The molecule has 0 saturated heterocycles. The van der Waals surface area contributed by atoms with E-state index in [1.54, 1.807) is 0 Å². The van der Waals surface area contributed by atoms with Crippen LogP contribution in [0.15, 0.2) is 39.5 Å². The minimum Gasteiger partial charge on any atom is -0.387 e. The number of carbonyl (C=O) groups excluding carboxylic acids is 1. The van der Waals surface area contributed by atoms with Crippen LogP contribution in [0.1, 0.15) is 0 Å². The summed E-state index contributed by atoms with van der Waals surface area (Å²) in [6, 6.07) is 0. The van der Waals surface area contributed by atoms with Gasteiger partial charge in [0.25, 0.3) is 0 Å². The van der Waals surface area contributed by atoms with E-state index in [1.165, 1.54) is 0 Å². The topological polar surface area (TPSA) is 63.3 Å². The van der Waals surface area contributed by atoms with Gasteiger partial charge in [0.05, 0.1) is 0 Å². The van der Waals surface area contributed by atoms with E-state index in [0.717, 1.165) is 0 Å². The molecule has 0 aromatic carbocycles. The van der Waals surface area contributed by atoms with E-state index < -0.39 is 12.5 Å². The molecular formula is C8H17NO2. The van der Waals surface area contributed by atoms with Gasteiger partial charge >= 0.3 is 0 Å². The van der Waals surface area contributed by atoms with Gasteiger partial charge in [0, 0.05) is 0 Å². The molecule has 0 heterocycles.